The van der Waals surface area contributed by atoms with Crippen molar-refractivity contribution in [1.82, 2.24) is 24.6 Å². The van der Waals surface area contributed by atoms with Crippen molar-refractivity contribution < 1.29 is 4.79 Å². The number of thiazole rings is 1. The Morgan fingerprint density at radius 2 is 1.83 bits per heavy atom. The number of likely N-dealkylation sites (tertiary alicyclic amines) is 1. The molecular weight excluding hydrogens is 414 g/mol. The molecule has 6 nitrogen and oxygen atoms in total. The van der Waals surface area contributed by atoms with Gasteiger partial charge in [0, 0.05) is 24.7 Å². The monoisotopic (exact) mass is 435 g/mol. The molecule has 4 aromatic rings. The van der Waals surface area contributed by atoms with Crippen LogP contribution in [-0.2, 0) is 4.79 Å². The Bertz CT molecular complexity index is 1120. The summed E-state index contributed by atoms with van der Waals surface area (Å²) in [5.41, 5.74) is 2.07. The van der Waals surface area contributed by atoms with E-state index in [0.717, 1.165) is 42.3 Å². The molecule has 1 saturated heterocycles. The Hall–Kier alpha value is -2.71. The summed E-state index contributed by atoms with van der Waals surface area (Å²) < 4.78 is 3.15. The number of fused-ring (bicyclic) bond motifs is 1. The highest BCUT2D eigenvalue weighted by Gasteiger charge is 2.26. The van der Waals surface area contributed by atoms with Crippen LogP contribution in [0, 0.1) is 0 Å². The van der Waals surface area contributed by atoms with E-state index in [2.05, 4.69) is 28.4 Å². The Kier molecular flexibility index (Phi) is 5.50. The zero-order chi connectivity index (χ0) is 20.3. The van der Waals surface area contributed by atoms with Crippen LogP contribution in [0.3, 0.4) is 0 Å². The van der Waals surface area contributed by atoms with Crippen LogP contribution in [-0.4, -0.2) is 49.4 Å². The molecule has 30 heavy (non-hydrogen) atoms. The van der Waals surface area contributed by atoms with Gasteiger partial charge in [-0.2, -0.15) is 0 Å². The molecule has 0 spiro atoms. The number of thioether (sulfide) groups is 1. The van der Waals surface area contributed by atoms with Crippen molar-refractivity contribution in [3.8, 4) is 5.69 Å². The van der Waals surface area contributed by atoms with Crippen molar-refractivity contribution in [2.24, 2.45) is 0 Å². The van der Waals surface area contributed by atoms with Gasteiger partial charge < -0.3 is 4.90 Å². The largest absolute Gasteiger partial charge is 0.342 e. The third-order valence-electron chi connectivity index (χ3n) is 5.38. The average Bonchev–Trinajstić information content (AvgIpc) is 3.45. The van der Waals surface area contributed by atoms with Crippen LogP contribution in [0.5, 0.6) is 0 Å². The molecule has 0 aliphatic carbocycles. The molecule has 2 aromatic carbocycles. The molecule has 1 aliphatic heterocycles. The van der Waals surface area contributed by atoms with Crippen molar-refractivity contribution in [3.63, 3.8) is 0 Å². The van der Waals surface area contributed by atoms with Gasteiger partial charge in [0.2, 0.25) is 5.91 Å². The lowest BCUT2D eigenvalue weighted by Crippen LogP contribution is -2.39. The molecule has 0 N–H and O–H groups in total. The van der Waals surface area contributed by atoms with Crippen LogP contribution in [0.15, 0.2) is 66.1 Å². The summed E-state index contributed by atoms with van der Waals surface area (Å²) in [6, 6.07) is 18.2. The first-order valence-corrected chi connectivity index (χ1v) is 11.8. The van der Waals surface area contributed by atoms with Crippen LogP contribution >= 0.6 is 23.1 Å². The maximum Gasteiger partial charge on any atom is 0.233 e. The smallest absolute Gasteiger partial charge is 0.233 e. The number of para-hydroxylation sites is 2. The minimum atomic E-state index is 0.158. The van der Waals surface area contributed by atoms with E-state index in [-0.39, 0.29) is 5.91 Å². The fourth-order valence-corrected chi connectivity index (χ4v) is 5.71. The number of carbonyl (C=O) groups is 1. The normalized spacial score (nSPS) is 15.0. The van der Waals surface area contributed by atoms with Crippen molar-refractivity contribution >= 4 is 39.2 Å². The third-order valence-corrected chi connectivity index (χ3v) is 7.51. The lowest BCUT2D eigenvalue weighted by Gasteiger charge is -2.31. The summed E-state index contributed by atoms with van der Waals surface area (Å²) >= 11 is 3.22. The summed E-state index contributed by atoms with van der Waals surface area (Å²) in [4.78, 5) is 19.5. The molecule has 5 rings (SSSR count). The number of aromatic nitrogens is 4. The summed E-state index contributed by atoms with van der Waals surface area (Å²) in [6.07, 6.45) is 3.62. The molecular formula is C22H21N5OS2. The maximum atomic E-state index is 12.8. The van der Waals surface area contributed by atoms with Gasteiger partial charge in [-0.1, -0.05) is 42.1 Å². The molecule has 0 radical (unpaired) electrons. The Labute approximate surface area is 183 Å². The van der Waals surface area contributed by atoms with Crippen LogP contribution in [0.4, 0.5) is 0 Å². The molecule has 0 atom stereocenters. The predicted molar refractivity (Wildman–Crippen MR) is 120 cm³/mol. The minimum Gasteiger partial charge on any atom is -0.342 e. The van der Waals surface area contributed by atoms with Gasteiger partial charge in [0.15, 0.2) is 5.16 Å². The van der Waals surface area contributed by atoms with Gasteiger partial charge in [-0.15, -0.1) is 21.5 Å². The number of amides is 1. The standard InChI is InChI=1S/C22H21N5OS2/c28-20(14-29-22-25-23-15-27(22)17-6-2-1-3-7-17)26-12-10-16(11-13-26)21-24-18-8-4-5-9-19(18)30-21/h1-9,15-16H,10-14H2. The van der Waals surface area contributed by atoms with E-state index in [4.69, 9.17) is 4.98 Å². The molecule has 2 aromatic heterocycles. The van der Waals surface area contributed by atoms with Gasteiger partial charge in [0.25, 0.3) is 0 Å². The molecule has 0 bridgehead atoms. The lowest BCUT2D eigenvalue weighted by atomic mass is 9.97. The quantitative estimate of drug-likeness (QED) is 0.436. The first-order valence-electron chi connectivity index (χ1n) is 9.99. The number of hydrogen-bond acceptors (Lipinski definition) is 6. The van der Waals surface area contributed by atoms with Gasteiger partial charge in [0.1, 0.15) is 6.33 Å². The summed E-state index contributed by atoms with van der Waals surface area (Å²) in [5, 5.41) is 10.1. The Morgan fingerprint density at radius 1 is 1.07 bits per heavy atom. The second kappa shape index (κ2) is 8.57. The van der Waals surface area contributed by atoms with Gasteiger partial charge in [-0.25, -0.2) is 4.98 Å². The van der Waals surface area contributed by atoms with E-state index in [0.29, 0.717) is 11.7 Å². The topological polar surface area (TPSA) is 63.9 Å². The summed E-state index contributed by atoms with van der Waals surface area (Å²) in [5.74, 6) is 0.975. The van der Waals surface area contributed by atoms with E-state index in [1.807, 2.05) is 45.9 Å². The number of rotatable bonds is 5. The average molecular weight is 436 g/mol. The van der Waals surface area contributed by atoms with E-state index in [9.17, 15) is 4.79 Å². The first kappa shape index (κ1) is 19.3. The molecule has 1 amide bonds. The number of nitrogens with zero attached hydrogens (tertiary/aromatic N) is 5. The number of hydrogen-bond donors (Lipinski definition) is 0. The van der Waals surface area contributed by atoms with Crippen LogP contribution < -0.4 is 0 Å². The number of carbonyl (C=O) groups excluding carboxylic acids is 1. The van der Waals surface area contributed by atoms with Gasteiger partial charge >= 0.3 is 0 Å². The van der Waals surface area contributed by atoms with Crippen LogP contribution in [0.1, 0.15) is 23.8 Å². The molecule has 3 heterocycles. The van der Waals surface area contributed by atoms with Crippen molar-refractivity contribution in [3.05, 3.63) is 65.9 Å². The fraction of sp³-hybridized carbons (Fsp3) is 0.273. The first-order chi connectivity index (χ1) is 14.8. The van der Waals surface area contributed by atoms with Crippen molar-refractivity contribution in [1.29, 1.82) is 0 Å². The minimum absolute atomic E-state index is 0.158. The van der Waals surface area contributed by atoms with Gasteiger partial charge in [-0.05, 0) is 37.1 Å². The number of benzene rings is 2. The van der Waals surface area contributed by atoms with E-state index >= 15 is 0 Å². The highest BCUT2D eigenvalue weighted by Crippen LogP contribution is 2.34. The zero-order valence-corrected chi connectivity index (χ0v) is 18.0. The highest BCUT2D eigenvalue weighted by atomic mass is 32.2. The third kappa shape index (κ3) is 3.97. The molecule has 0 unspecified atom stereocenters. The lowest BCUT2D eigenvalue weighted by molar-refractivity contribution is -0.129. The second-order valence-corrected chi connectivity index (χ2v) is 9.29. The predicted octanol–water partition coefficient (Wildman–Crippen LogP) is 4.38. The van der Waals surface area contributed by atoms with Gasteiger partial charge in [0.05, 0.1) is 21.0 Å². The van der Waals surface area contributed by atoms with Crippen LogP contribution in [0.2, 0.25) is 0 Å². The molecule has 0 saturated carbocycles. The summed E-state index contributed by atoms with van der Waals surface area (Å²) in [7, 11) is 0. The molecule has 1 aliphatic rings. The second-order valence-electron chi connectivity index (χ2n) is 7.28. The maximum absolute atomic E-state index is 12.8. The number of piperidine rings is 1. The molecule has 152 valence electrons. The van der Waals surface area contributed by atoms with Gasteiger partial charge in [-0.3, -0.25) is 9.36 Å². The highest BCUT2D eigenvalue weighted by molar-refractivity contribution is 7.99. The summed E-state index contributed by atoms with van der Waals surface area (Å²) in [6.45, 7) is 1.57. The molecule has 8 heteroatoms. The van der Waals surface area contributed by atoms with E-state index in [1.165, 1.54) is 21.5 Å². The van der Waals surface area contributed by atoms with E-state index < -0.39 is 0 Å². The SMILES string of the molecule is O=C(CSc1nncn1-c1ccccc1)N1CCC(c2nc3ccccc3s2)CC1. The Balaban J connectivity index is 1.17. The Morgan fingerprint density at radius 3 is 2.63 bits per heavy atom. The van der Waals surface area contributed by atoms with Crippen LogP contribution in [0.25, 0.3) is 15.9 Å². The fourth-order valence-electron chi connectivity index (χ4n) is 3.75. The zero-order valence-electron chi connectivity index (χ0n) is 16.3. The van der Waals surface area contributed by atoms with Crippen molar-refractivity contribution in [2.45, 2.75) is 23.9 Å². The van der Waals surface area contributed by atoms with E-state index in [1.54, 1.807) is 17.7 Å². The molecule has 1 fully saturated rings. The van der Waals surface area contributed by atoms with Crippen molar-refractivity contribution in [2.75, 3.05) is 18.8 Å².